The summed E-state index contributed by atoms with van der Waals surface area (Å²) in [6, 6.07) is 15.0. The van der Waals surface area contributed by atoms with Crippen LogP contribution in [0, 0.1) is 0 Å². The van der Waals surface area contributed by atoms with Gasteiger partial charge in [0, 0.05) is 22.9 Å². The molecule has 31 heavy (non-hydrogen) atoms. The molecule has 0 radical (unpaired) electrons. The number of aliphatic hydroxyl groups excluding tert-OH is 1. The lowest BCUT2D eigenvalue weighted by Gasteiger charge is -2.36. The van der Waals surface area contributed by atoms with E-state index in [9.17, 15) is 14.7 Å². The number of rotatable bonds is 6. The van der Waals surface area contributed by atoms with Crippen LogP contribution < -0.4 is 5.32 Å². The molecule has 6 nitrogen and oxygen atoms in total. The molecule has 2 N–H and O–H groups in total. The number of nitrogens with zero attached hydrogens (tertiary/aromatic N) is 1. The van der Waals surface area contributed by atoms with Crippen molar-refractivity contribution < 1.29 is 19.4 Å². The van der Waals surface area contributed by atoms with Crippen LogP contribution in [0.3, 0.4) is 0 Å². The van der Waals surface area contributed by atoms with Crippen LogP contribution in [0.1, 0.15) is 73.2 Å². The van der Waals surface area contributed by atoms with Gasteiger partial charge in [0.05, 0.1) is 0 Å². The smallest absolute Gasteiger partial charge is 0.411 e. The lowest BCUT2D eigenvalue weighted by atomic mass is 9.92. The SMILES string of the molecule is CCCCc1ccc(NC(=O)OC2CCC(N3C(=O)c4ccccc4C3O)CC2)cc1. The van der Waals surface area contributed by atoms with Crippen LogP contribution in [-0.4, -0.2) is 34.2 Å². The Morgan fingerprint density at radius 1 is 1.10 bits per heavy atom. The van der Waals surface area contributed by atoms with Crippen molar-refractivity contribution in [1.82, 2.24) is 4.90 Å². The molecule has 1 heterocycles. The van der Waals surface area contributed by atoms with E-state index in [1.807, 2.05) is 36.4 Å². The first-order valence-electron chi connectivity index (χ1n) is 11.2. The number of amides is 2. The van der Waals surface area contributed by atoms with E-state index in [0.29, 0.717) is 36.8 Å². The maximum atomic E-state index is 12.7. The van der Waals surface area contributed by atoms with Gasteiger partial charge in [-0.3, -0.25) is 10.1 Å². The average molecular weight is 423 g/mol. The molecule has 4 rings (SSSR count). The van der Waals surface area contributed by atoms with E-state index in [2.05, 4.69) is 12.2 Å². The van der Waals surface area contributed by atoms with Crippen LogP contribution in [-0.2, 0) is 11.2 Å². The second-order valence-electron chi connectivity index (χ2n) is 8.43. The zero-order valence-corrected chi connectivity index (χ0v) is 17.9. The van der Waals surface area contributed by atoms with E-state index < -0.39 is 12.3 Å². The largest absolute Gasteiger partial charge is 0.446 e. The van der Waals surface area contributed by atoms with Gasteiger partial charge in [-0.1, -0.05) is 43.7 Å². The number of carbonyl (C=O) groups is 2. The number of nitrogens with one attached hydrogen (secondary N) is 1. The molecule has 2 amide bonds. The summed E-state index contributed by atoms with van der Waals surface area (Å²) in [7, 11) is 0. The van der Waals surface area contributed by atoms with Crippen molar-refractivity contribution in [3.05, 3.63) is 65.2 Å². The molecule has 2 aromatic rings. The molecule has 164 valence electrons. The zero-order valence-electron chi connectivity index (χ0n) is 17.9. The minimum atomic E-state index is -0.894. The van der Waals surface area contributed by atoms with Crippen LogP contribution in [0.2, 0.25) is 0 Å². The summed E-state index contributed by atoms with van der Waals surface area (Å²) in [5, 5.41) is 13.4. The third-order valence-electron chi connectivity index (χ3n) is 6.30. The maximum Gasteiger partial charge on any atom is 0.411 e. The predicted molar refractivity (Wildman–Crippen MR) is 119 cm³/mol. The van der Waals surface area contributed by atoms with Gasteiger partial charge in [-0.25, -0.2) is 4.79 Å². The highest BCUT2D eigenvalue weighted by Gasteiger charge is 2.41. The summed E-state index contributed by atoms with van der Waals surface area (Å²) in [6.45, 7) is 2.17. The molecule has 1 atom stereocenters. The topological polar surface area (TPSA) is 78.9 Å². The fourth-order valence-corrected chi connectivity index (χ4v) is 4.56. The first kappa shape index (κ1) is 21.4. The van der Waals surface area contributed by atoms with E-state index in [1.165, 1.54) is 5.56 Å². The van der Waals surface area contributed by atoms with Crippen molar-refractivity contribution in [3.8, 4) is 0 Å². The predicted octanol–water partition coefficient (Wildman–Crippen LogP) is 5.04. The highest BCUT2D eigenvalue weighted by molar-refractivity contribution is 5.99. The van der Waals surface area contributed by atoms with Gasteiger partial charge in [0.15, 0.2) is 6.23 Å². The lowest BCUT2D eigenvalue weighted by molar-refractivity contribution is -0.0220. The highest BCUT2D eigenvalue weighted by Crippen LogP contribution is 2.37. The minimum Gasteiger partial charge on any atom is -0.446 e. The van der Waals surface area contributed by atoms with Gasteiger partial charge >= 0.3 is 6.09 Å². The maximum absolute atomic E-state index is 12.7. The summed E-state index contributed by atoms with van der Waals surface area (Å²) >= 11 is 0. The first-order chi connectivity index (χ1) is 15.1. The highest BCUT2D eigenvalue weighted by atomic mass is 16.6. The van der Waals surface area contributed by atoms with Crippen LogP contribution >= 0.6 is 0 Å². The Labute approximate surface area is 183 Å². The zero-order chi connectivity index (χ0) is 21.8. The van der Waals surface area contributed by atoms with Crippen LogP contribution in [0.25, 0.3) is 0 Å². The van der Waals surface area contributed by atoms with Gasteiger partial charge in [-0.2, -0.15) is 0 Å². The molecule has 2 aromatic carbocycles. The monoisotopic (exact) mass is 422 g/mol. The average Bonchev–Trinajstić information content (AvgIpc) is 3.04. The number of benzene rings is 2. The number of hydrogen-bond donors (Lipinski definition) is 2. The van der Waals surface area contributed by atoms with Crippen LogP contribution in [0.5, 0.6) is 0 Å². The Hall–Kier alpha value is -2.86. The molecule has 1 fully saturated rings. The second kappa shape index (κ2) is 9.52. The standard InChI is InChI=1S/C25H30N2O4/c1-2-3-6-17-9-11-18(12-10-17)26-25(30)31-20-15-13-19(14-16-20)27-23(28)21-7-4-5-8-22(21)24(27)29/h4-5,7-12,19-20,23,28H,2-3,6,13-16H2,1H3,(H,26,30). The summed E-state index contributed by atoms with van der Waals surface area (Å²) in [6.07, 6.45) is 4.56. The van der Waals surface area contributed by atoms with E-state index in [0.717, 1.165) is 24.9 Å². The third-order valence-corrected chi connectivity index (χ3v) is 6.30. The number of aryl methyl sites for hydroxylation is 1. The molecule has 6 heteroatoms. The van der Waals surface area contributed by atoms with Gasteiger partial charge < -0.3 is 14.7 Å². The normalized spacial score (nSPS) is 22.8. The van der Waals surface area contributed by atoms with Crippen LogP contribution in [0.15, 0.2) is 48.5 Å². The minimum absolute atomic E-state index is 0.0477. The Balaban J connectivity index is 1.26. The number of ether oxygens (including phenoxy) is 1. The third kappa shape index (κ3) is 4.74. The van der Waals surface area contributed by atoms with Crippen molar-refractivity contribution in [2.75, 3.05) is 5.32 Å². The Kier molecular flexibility index (Phi) is 6.56. The Morgan fingerprint density at radius 3 is 2.48 bits per heavy atom. The number of unbranched alkanes of at least 4 members (excludes halogenated alkanes) is 1. The molecular weight excluding hydrogens is 392 g/mol. The van der Waals surface area contributed by atoms with Crippen molar-refractivity contribution in [2.24, 2.45) is 0 Å². The van der Waals surface area contributed by atoms with Gasteiger partial charge in [0.1, 0.15) is 6.10 Å². The number of anilines is 1. The van der Waals surface area contributed by atoms with Crippen molar-refractivity contribution in [3.63, 3.8) is 0 Å². The van der Waals surface area contributed by atoms with E-state index in [1.54, 1.807) is 17.0 Å². The molecule has 0 aromatic heterocycles. The van der Waals surface area contributed by atoms with E-state index in [4.69, 9.17) is 4.74 Å². The van der Waals surface area contributed by atoms with Crippen molar-refractivity contribution >= 4 is 17.7 Å². The molecule has 1 saturated carbocycles. The van der Waals surface area contributed by atoms with Gasteiger partial charge in [-0.15, -0.1) is 0 Å². The fourth-order valence-electron chi connectivity index (χ4n) is 4.56. The van der Waals surface area contributed by atoms with Crippen LogP contribution in [0.4, 0.5) is 10.5 Å². The molecule has 0 saturated heterocycles. The number of aliphatic hydroxyl groups is 1. The molecule has 1 aliphatic carbocycles. The molecule has 1 unspecified atom stereocenters. The molecule has 2 aliphatic rings. The van der Waals surface area contributed by atoms with E-state index >= 15 is 0 Å². The summed E-state index contributed by atoms with van der Waals surface area (Å²) in [4.78, 5) is 26.6. The van der Waals surface area contributed by atoms with Crippen molar-refractivity contribution in [2.45, 2.75) is 70.2 Å². The summed E-state index contributed by atoms with van der Waals surface area (Å²) < 4.78 is 5.60. The second-order valence-corrected chi connectivity index (χ2v) is 8.43. The molecule has 0 bridgehead atoms. The van der Waals surface area contributed by atoms with E-state index in [-0.39, 0.29) is 18.1 Å². The number of fused-ring (bicyclic) bond motifs is 1. The van der Waals surface area contributed by atoms with Gasteiger partial charge in [0.2, 0.25) is 0 Å². The molecule has 0 spiro atoms. The molecular formula is C25H30N2O4. The van der Waals surface area contributed by atoms with Gasteiger partial charge in [0.25, 0.3) is 5.91 Å². The van der Waals surface area contributed by atoms with Gasteiger partial charge in [-0.05, 0) is 62.3 Å². The first-order valence-corrected chi connectivity index (χ1v) is 11.2. The lowest BCUT2D eigenvalue weighted by Crippen LogP contribution is -2.42. The fraction of sp³-hybridized carbons (Fsp3) is 0.440. The summed E-state index contributed by atoms with van der Waals surface area (Å²) in [5.74, 6) is -0.118. The molecule has 1 aliphatic heterocycles. The Morgan fingerprint density at radius 2 is 1.81 bits per heavy atom. The number of hydrogen-bond acceptors (Lipinski definition) is 4. The summed E-state index contributed by atoms with van der Waals surface area (Å²) in [5.41, 5.74) is 3.24. The Bertz CT molecular complexity index is 919. The number of carbonyl (C=O) groups excluding carboxylic acids is 2. The van der Waals surface area contributed by atoms with Crippen molar-refractivity contribution in [1.29, 1.82) is 0 Å². The quantitative estimate of drug-likeness (QED) is 0.684.